The largest absolute Gasteiger partial charge is 0.495 e. The highest BCUT2D eigenvalue weighted by Crippen LogP contribution is 2.23. The highest BCUT2D eigenvalue weighted by molar-refractivity contribution is 7.89. The lowest BCUT2D eigenvalue weighted by molar-refractivity contribution is -0.118. The number of anilines is 1. The summed E-state index contributed by atoms with van der Waals surface area (Å²) in [7, 11) is -2.03. The highest BCUT2D eigenvalue weighted by Gasteiger charge is 2.14. The Bertz CT molecular complexity index is 864. The molecule has 2 rings (SSSR count). The molecule has 0 saturated heterocycles. The lowest BCUT2D eigenvalue weighted by atomic mass is 10.2. The van der Waals surface area contributed by atoms with E-state index >= 15 is 0 Å². The second-order valence-corrected chi connectivity index (χ2v) is 8.02. The van der Waals surface area contributed by atoms with Gasteiger partial charge in [-0.3, -0.25) is 4.79 Å². The van der Waals surface area contributed by atoms with Crippen molar-refractivity contribution in [3.8, 4) is 11.5 Å². The van der Waals surface area contributed by atoms with E-state index in [4.69, 9.17) is 9.47 Å². The molecular formula is C19H24N2O5S. The number of para-hydroxylation sites is 2. The van der Waals surface area contributed by atoms with Crippen LogP contribution in [0.15, 0.2) is 53.4 Å². The van der Waals surface area contributed by atoms with E-state index in [2.05, 4.69) is 10.0 Å². The Morgan fingerprint density at radius 3 is 2.37 bits per heavy atom. The minimum Gasteiger partial charge on any atom is -0.495 e. The standard InChI is InChI=1S/C19H24N2O5S/c1-14(2)12-20-27(23,24)16-10-8-15(9-11-16)26-13-19(22)21-17-6-4-5-7-18(17)25-3/h4-11,14,20H,12-13H2,1-3H3,(H,21,22). The zero-order chi connectivity index (χ0) is 19.9. The average molecular weight is 392 g/mol. The number of methoxy groups -OCH3 is 1. The summed E-state index contributed by atoms with van der Waals surface area (Å²) in [5.74, 6) is 0.807. The fourth-order valence-corrected chi connectivity index (χ4v) is 3.37. The van der Waals surface area contributed by atoms with Crippen molar-refractivity contribution >= 4 is 21.6 Å². The van der Waals surface area contributed by atoms with Crippen LogP contribution in [0.5, 0.6) is 11.5 Å². The fraction of sp³-hybridized carbons (Fsp3) is 0.316. The molecule has 0 fully saturated rings. The Morgan fingerprint density at radius 2 is 1.74 bits per heavy atom. The molecule has 0 aliphatic carbocycles. The van der Waals surface area contributed by atoms with Gasteiger partial charge < -0.3 is 14.8 Å². The first-order valence-electron chi connectivity index (χ1n) is 8.47. The summed E-state index contributed by atoms with van der Waals surface area (Å²) in [6, 6.07) is 13.0. The van der Waals surface area contributed by atoms with Gasteiger partial charge >= 0.3 is 0 Å². The number of rotatable bonds is 9. The number of sulfonamides is 1. The maximum absolute atomic E-state index is 12.1. The summed E-state index contributed by atoms with van der Waals surface area (Å²) in [6.45, 7) is 4.00. The van der Waals surface area contributed by atoms with Gasteiger partial charge in [0.15, 0.2) is 6.61 Å². The zero-order valence-electron chi connectivity index (χ0n) is 15.6. The summed E-state index contributed by atoms with van der Waals surface area (Å²) < 4.78 is 37.4. The van der Waals surface area contributed by atoms with Crippen LogP contribution < -0.4 is 19.5 Å². The van der Waals surface area contributed by atoms with E-state index < -0.39 is 10.0 Å². The molecule has 0 aliphatic rings. The van der Waals surface area contributed by atoms with Gasteiger partial charge in [0.2, 0.25) is 10.0 Å². The number of carbonyl (C=O) groups is 1. The number of hydrogen-bond acceptors (Lipinski definition) is 5. The molecule has 2 N–H and O–H groups in total. The van der Waals surface area contributed by atoms with Crippen LogP contribution in [0.25, 0.3) is 0 Å². The highest BCUT2D eigenvalue weighted by atomic mass is 32.2. The van der Waals surface area contributed by atoms with Crippen LogP contribution in [-0.2, 0) is 14.8 Å². The molecule has 2 aromatic rings. The van der Waals surface area contributed by atoms with E-state index in [1.165, 1.54) is 31.4 Å². The SMILES string of the molecule is COc1ccccc1NC(=O)COc1ccc(S(=O)(=O)NCC(C)C)cc1. The average Bonchev–Trinajstić information content (AvgIpc) is 2.65. The second-order valence-electron chi connectivity index (χ2n) is 6.25. The molecule has 0 unspecified atom stereocenters. The number of amides is 1. The molecule has 0 radical (unpaired) electrons. The lowest BCUT2D eigenvalue weighted by Crippen LogP contribution is -2.27. The smallest absolute Gasteiger partial charge is 0.262 e. The van der Waals surface area contributed by atoms with Crippen LogP contribution in [0.4, 0.5) is 5.69 Å². The molecule has 0 aliphatic heterocycles. The first-order valence-corrected chi connectivity index (χ1v) is 9.95. The van der Waals surface area contributed by atoms with Gasteiger partial charge in [-0.15, -0.1) is 0 Å². The topological polar surface area (TPSA) is 93.7 Å². The molecule has 0 atom stereocenters. The summed E-state index contributed by atoms with van der Waals surface area (Å²) in [5, 5.41) is 2.70. The maximum Gasteiger partial charge on any atom is 0.262 e. The van der Waals surface area contributed by atoms with Crippen molar-refractivity contribution in [3.63, 3.8) is 0 Å². The Kier molecular flexibility index (Phi) is 7.20. The molecule has 0 aromatic heterocycles. The van der Waals surface area contributed by atoms with E-state index in [1.54, 1.807) is 24.3 Å². The van der Waals surface area contributed by atoms with E-state index in [-0.39, 0.29) is 23.3 Å². The van der Waals surface area contributed by atoms with E-state index in [9.17, 15) is 13.2 Å². The van der Waals surface area contributed by atoms with Gasteiger partial charge in [0.1, 0.15) is 11.5 Å². The summed E-state index contributed by atoms with van der Waals surface area (Å²) >= 11 is 0. The maximum atomic E-state index is 12.1. The number of ether oxygens (including phenoxy) is 2. The molecule has 27 heavy (non-hydrogen) atoms. The number of carbonyl (C=O) groups excluding carboxylic acids is 1. The quantitative estimate of drug-likeness (QED) is 0.684. The predicted molar refractivity (Wildman–Crippen MR) is 104 cm³/mol. The monoisotopic (exact) mass is 392 g/mol. The van der Waals surface area contributed by atoms with Crippen molar-refractivity contribution in [1.29, 1.82) is 0 Å². The van der Waals surface area contributed by atoms with Gasteiger partial charge in [-0.1, -0.05) is 26.0 Å². The van der Waals surface area contributed by atoms with Crippen LogP contribution >= 0.6 is 0 Å². The van der Waals surface area contributed by atoms with Crippen LogP contribution in [0, 0.1) is 5.92 Å². The summed E-state index contributed by atoms with van der Waals surface area (Å²) in [6.07, 6.45) is 0. The predicted octanol–water partition coefficient (Wildman–Crippen LogP) is 2.65. The van der Waals surface area contributed by atoms with E-state index in [0.29, 0.717) is 23.7 Å². The molecule has 146 valence electrons. The van der Waals surface area contributed by atoms with E-state index in [0.717, 1.165) is 0 Å². The van der Waals surface area contributed by atoms with Gasteiger partial charge in [-0.05, 0) is 42.3 Å². The second kappa shape index (κ2) is 9.38. The van der Waals surface area contributed by atoms with Crippen molar-refractivity contribution in [3.05, 3.63) is 48.5 Å². The van der Waals surface area contributed by atoms with Gasteiger partial charge in [-0.25, -0.2) is 13.1 Å². The summed E-state index contributed by atoms with van der Waals surface area (Å²) in [4.78, 5) is 12.2. The third-order valence-corrected chi connectivity index (χ3v) is 5.01. The third-order valence-electron chi connectivity index (χ3n) is 3.57. The zero-order valence-corrected chi connectivity index (χ0v) is 16.4. The number of nitrogens with one attached hydrogen (secondary N) is 2. The van der Waals surface area contributed by atoms with Crippen molar-refractivity contribution in [1.82, 2.24) is 4.72 Å². The minimum absolute atomic E-state index is 0.147. The first kappa shape index (κ1) is 20.7. The van der Waals surface area contributed by atoms with Crippen molar-refractivity contribution in [2.45, 2.75) is 18.7 Å². The first-order chi connectivity index (χ1) is 12.8. The minimum atomic E-state index is -3.55. The Labute approximate surface area is 159 Å². The molecule has 8 heteroatoms. The van der Waals surface area contributed by atoms with Crippen LogP contribution in [0.1, 0.15) is 13.8 Å². The lowest BCUT2D eigenvalue weighted by Gasteiger charge is -2.11. The fourth-order valence-electron chi connectivity index (χ4n) is 2.16. The van der Waals surface area contributed by atoms with E-state index in [1.807, 2.05) is 13.8 Å². The van der Waals surface area contributed by atoms with Gasteiger partial charge in [0, 0.05) is 6.54 Å². The molecule has 0 spiro atoms. The Hall–Kier alpha value is -2.58. The van der Waals surface area contributed by atoms with Gasteiger partial charge in [-0.2, -0.15) is 0 Å². The normalized spacial score (nSPS) is 11.3. The van der Waals surface area contributed by atoms with Crippen LogP contribution in [-0.4, -0.2) is 34.6 Å². The van der Waals surface area contributed by atoms with Gasteiger partial charge in [0.05, 0.1) is 17.7 Å². The number of benzene rings is 2. The van der Waals surface area contributed by atoms with Crippen molar-refractivity contribution < 1.29 is 22.7 Å². The Balaban J connectivity index is 1.92. The molecule has 0 saturated carbocycles. The van der Waals surface area contributed by atoms with Crippen LogP contribution in [0.3, 0.4) is 0 Å². The number of hydrogen-bond donors (Lipinski definition) is 2. The third kappa shape index (κ3) is 6.26. The van der Waals surface area contributed by atoms with Crippen LogP contribution in [0.2, 0.25) is 0 Å². The molecule has 7 nitrogen and oxygen atoms in total. The molecule has 2 aromatic carbocycles. The molecular weight excluding hydrogens is 368 g/mol. The molecule has 0 heterocycles. The van der Waals surface area contributed by atoms with Crippen molar-refractivity contribution in [2.75, 3.05) is 25.6 Å². The Morgan fingerprint density at radius 1 is 1.07 bits per heavy atom. The van der Waals surface area contributed by atoms with Crippen molar-refractivity contribution in [2.24, 2.45) is 5.92 Å². The molecule has 0 bridgehead atoms. The van der Waals surface area contributed by atoms with Gasteiger partial charge in [0.25, 0.3) is 5.91 Å². The molecule has 1 amide bonds. The summed E-state index contributed by atoms with van der Waals surface area (Å²) in [5.41, 5.74) is 0.547.